The second-order valence-corrected chi connectivity index (χ2v) is 6.92. The summed E-state index contributed by atoms with van der Waals surface area (Å²) in [6.07, 6.45) is -3.48. The van der Waals surface area contributed by atoms with Gasteiger partial charge in [0.1, 0.15) is 0 Å². The molecule has 0 amide bonds. The van der Waals surface area contributed by atoms with E-state index in [2.05, 4.69) is 0 Å². The molecular weight excluding hydrogens is 345 g/mol. The normalized spacial score (nSPS) is 22.1. The summed E-state index contributed by atoms with van der Waals surface area (Å²) in [5, 5.41) is 0. The highest BCUT2D eigenvalue weighted by molar-refractivity contribution is 5.73. The van der Waals surface area contributed by atoms with Crippen molar-refractivity contribution < 1.29 is 27.4 Å². The molecule has 26 heavy (non-hydrogen) atoms. The Balaban J connectivity index is 2.03. The molecule has 0 aliphatic heterocycles. The Kier molecular flexibility index (Phi) is 7.09. The van der Waals surface area contributed by atoms with Crippen molar-refractivity contribution in [1.82, 2.24) is 0 Å². The summed E-state index contributed by atoms with van der Waals surface area (Å²) >= 11 is 0. The van der Waals surface area contributed by atoms with E-state index in [1.807, 2.05) is 25.1 Å². The minimum absolute atomic E-state index is 0.229. The highest BCUT2D eigenvalue weighted by atomic mass is 19.4. The quantitative estimate of drug-likeness (QED) is 0.652. The molecule has 6 heteroatoms. The number of aryl methyl sites for hydroxylation is 1. The van der Waals surface area contributed by atoms with E-state index in [0.717, 1.165) is 36.5 Å². The number of carbonyl (C=O) groups excluding carboxylic acids is 1. The Hall–Kier alpha value is -1.56. The Morgan fingerprint density at radius 2 is 1.88 bits per heavy atom. The van der Waals surface area contributed by atoms with E-state index in [4.69, 9.17) is 9.47 Å². The van der Waals surface area contributed by atoms with Crippen LogP contribution in [-0.4, -0.2) is 31.0 Å². The standard InChI is InChI=1S/C20H27F3O3/c1-4-25-18(24)12-16-7-5-6-13(2)19(16)15-8-10-17(11-9-15)26-14(3)20(21,22)23/h5-7,14-15,17H,4,8-12H2,1-3H3. The highest BCUT2D eigenvalue weighted by Crippen LogP contribution is 2.38. The molecule has 1 aromatic carbocycles. The zero-order valence-corrected chi connectivity index (χ0v) is 15.6. The van der Waals surface area contributed by atoms with Crippen molar-refractivity contribution in [2.75, 3.05) is 6.61 Å². The molecule has 0 N–H and O–H groups in total. The molecule has 0 bridgehead atoms. The molecule has 1 fully saturated rings. The van der Waals surface area contributed by atoms with Crippen LogP contribution in [0.3, 0.4) is 0 Å². The number of esters is 1. The Bertz CT molecular complexity index is 605. The molecule has 1 unspecified atom stereocenters. The van der Waals surface area contributed by atoms with E-state index in [9.17, 15) is 18.0 Å². The number of hydrogen-bond acceptors (Lipinski definition) is 3. The zero-order chi connectivity index (χ0) is 19.3. The van der Waals surface area contributed by atoms with Gasteiger partial charge in [-0.2, -0.15) is 13.2 Å². The maximum atomic E-state index is 12.7. The van der Waals surface area contributed by atoms with Crippen LogP contribution in [0.1, 0.15) is 62.1 Å². The molecule has 3 nitrogen and oxygen atoms in total. The maximum Gasteiger partial charge on any atom is 0.414 e. The summed E-state index contributed by atoms with van der Waals surface area (Å²) in [7, 11) is 0. The van der Waals surface area contributed by atoms with Crippen LogP contribution in [0, 0.1) is 6.92 Å². The fourth-order valence-corrected chi connectivity index (χ4v) is 3.70. The van der Waals surface area contributed by atoms with Crippen LogP contribution in [0.5, 0.6) is 0 Å². The molecule has 0 spiro atoms. The van der Waals surface area contributed by atoms with Crippen LogP contribution in [0.15, 0.2) is 18.2 Å². The monoisotopic (exact) mass is 372 g/mol. The molecule has 0 radical (unpaired) electrons. The van der Waals surface area contributed by atoms with Gasteiger partial charge in [-0.25, -0.2) is 0 Å². The first-order chi connectivity index (χ1) is 12.2. The molecule has 0 heterocycles. The van der Waals surface area contributed by atoms with Crippen molar-refractivity contribution in [3.05, 3.63) is 34.9 Å². The lowest BCUT2D eigenvalue weighted by molar-refractivity contribution is -0.229. The molecule has 1 aliphatic carbocycles. The summed E-state index contributed by atoms with van der Waals surface area (Å²) < 4.78 is 48.3. The number of benzene rings is 1. The lowest BCUT2D eigenvalue weighted by Gasteiger charge is -2.32. The molecule has 1 atom stereocenters. The van der Waals surface area contributed by atoms with Crippen LogP contribution in [0.25, 0.3) is 0 Å². The summed E-state index contributed by atoms with van der Waals surface area (Å²) in [6, 6.07) is 5.87. The summed E-state index contributed by atoms with van der Waals surface area (Å²) in [5.74, 6) is -0.0166. The SMILES string of the molecule is CCOC(=O)Cc1cccc(C)c1C1CCC(OC(C)C(F)(F)F)CC1. The van der Waals surface area contributed by atoms with Crippen molar-refractivity contribution in [2.45, 2.75) is 77.2 Å². The van der Waals surface area contributed by atoms with Gasteiger partial charge in [-0.3, -0.25) is 4.79 Å². The third kappa shape index (κ3) is 5.47. The van der Waals surface area contributed by atoms with Crippen molar-refractivity contribution in [2.24, 2.45) is 0 Å². The first-order valence-corrected chi connectivity index (χ1v) is 9.18. The van der Waals surface area contributed by atoms with E-state index < -0.39 is 12.3 Å². The molecule has 2 rings (SSSR count). The predicted octanol–water partition coefficient (Wildman–Crippen LogP) is 5.09. The first kappa shape index (κ1) is 20.7. The fraction of sp³-hybridized carbons (Fsp3) is 0.650. The first-order valence-electron chi connectivity index (χ1n) is 9.18. The third-order valence-electron chi connectivity index (χ3n) is 4.99. The lowest BCUT2D eigenvalue weighted by atomic mass is 9.78. The van der Waals surface area contributed by atoms with Crippen LogP contribution in [0.4, 0.5) is 13.2 Å². The number of carbonyl (C=O) groups is 1. The second kappa shape index (κ2) is 8.89. The van der Waals surface area contributed by atoms with Gasteiger partial charge in [0, 0.05) is 0 Å². The topological polar surface area (TPSA) is 35.5 Å². The lowest BCUT2D eigenvalue weighted by Crippen LogP contribution is -2.34. The van der Waals surface area contributed by atoms with Gasteiger partial charge in [-0.05, 0) is 69.1 Å². The van der Waals surface area contributed by atoms with Crippen LogP contribution in [0.2, 0.25) is 0 Å². The van der Waals surface area contributed by atoms with Crippen LogP contribution >= 0.6 is 0 Å². The molecule has 146 valence electrons. The van der Waals surface area contributed by atoms with Gasteiger partial charge in [0.15, 0.2) is 6.10 Å². The van der Waals surface area contributed by atoms with Crippen molar-refractivity contribution in [1.29, 1.82) is 0 Å². The van der Waals surface area contributed by atoms with Crippen LogP contribution < -0.4 is 0 Å². The largest absolute Gasteiger partial charge is 0.466 e. The smallest absolute Gasteiger partial charge is 0.414 e. The van der Waals surface area contributed by atoms with Crippen LogP contribution in [-0.2, 0) is 20.7 Å². The van der Waals surface area contributed by atoms with Crippen molar-refractivity contribution in [3.8, 4) is 0 Å². The third-order valence-corrected chi connectivity index (χ3v) is 4.99. The predicted molar refractivity (Wildman–Crippen MR) is 93.1 cm³/mol. The van der Waals surface area contributed by atoms with E-state index in [-0.39, 0.29) is 24.4 Å². The molecule has 1 aliphatic rings. The van der Waals surface area contributed by atoms with Gasteiger partial charge in [-0.1, -0.05) is 18.2 Å². The second-order valence-electron chi connectivity index (χ2n) is 6.92. The maximum absolute atomic E-state index is 12.7. The van der Waals surface area contributed by atoms with Crippen molar-refractivity contribution in [3.63, 3.8) is 0 Å². The minimum Gasteiger partial charge on any atom is -0.466 e. The van der Waals surface area contributed by atoms with E-state index in [1.54, 1.807) is 6.92 Å². The van der Waals surface area contributed by atoms with E-state index in [0.29, 0.717) is 19.4 Å². The molecule has 1 saturated carbocycles. The summed E-state index contributed by atoms with van der Waals surface area (Å²) in [6.45, 7) is 5.20. The molecular formula is C20H27F3O3. The Labute approximate surface area is 152 Å². The average molecular weight is 372 g/mol. The number of halogens is 3. The minimum atomic E-state index is -4.32. The van der Waals surface area contributed by atoms with Gasteiger partial charge in [0.25, 0.3) is 0 Å². The Morgan fingerprint density at radius 3 is 2.46 bits per heavy atom. The zero-order valence-electron chi connectivity index (χ0n) is 15.6. The van der Waals surface area contributed by atoms with E-state index >= 15 is 0 Å². The molecule has 0 aromatic heterocycles. The number of rotatable bonds is 6. The number of alkyl halides is 3. The average Bonchev–Trinajstić information content (AvgIpc) is 2.55. The highest BCUT2D eigenvalue weighted by Gasteiger charge is 2.39. The molecule has 0 saturated heterocycles. The molecule has 1 aromatic rings. The fourth-order valence-electron chi connectivity index (χ4n) is 3.70. The van der Waals surface area contributed by atoms with Crippen molar-refractivity contribution >= 4 is 5.97 Å². The van der Waals surface area contributed by atoms with Gasteiger partial charge < -0.3 is 9.47 Å². The number of hydrogen-bond donors (Lipinski definition) is 0. The van der Waals surface area contributed by atoms with Gasteiger partial charge in [0.2, 0.25) is 0 Å². The summed E-state index contributed by atoms with van der Waals surface area (Å²) in [4.78, 5) is 11.9. The number of ether oxygens (including phenoxy) is 2. The summed E-state index contributed by atoms with van der Waals surface area (Å²) in [5.41, 5.74) is 3.21. The van der Waals surface area contributed by atoms with Gasteiger partial charge in [-0.15, -0.1) is 0 Å². The van der Waals surface area contributed by atoms with Gasteiger partial charge in [0.05, 0.1) is 19.1 Å². The van der Waals surface area contributed by atoms with E-state index in [1.165, 1.54) is 0 Å². The Morgan fingerprint density at radius 1 is 1.23 bits per heavy atom. The van der Waals surface area contributed by atoms with Gasteiger partial charge >= 0.3 is 12.1 Å².